The second kappa shape index (κ2) is 5.09. The van der Waals surface area contributed by atoms with Crippen LogP contribution in [0.4, 0.5) is 0 Å². The number of fused-ring (bicyclic) bond motifs is 1. The van der Waals surface area contributed by atoms with Crippen molar-refractivity contribution in [3.05, 3.63) is 35.9 Å². The van der Waals surface area contributed by atoms with Gasteiger partial charge in [-0.1, -0.05) is 30.3 Å². The lowest BCUT2D eigenvalue weighted by Gasteiger charge is -2.30. The van der Waals surface area contributed by atoms with Gasteiger partial charge in [0, 0.05) is 10.9 Å². The molecule has 3 unspecified atom stereocenters. The van der Waals surface area contributed by atoms with Gasteiger partial charge in [0.05, 0.1) is 5.97 Å². The summed E-state index contributed by atoms with van der Waals surface area (Å²) >= 11 is 0. The van der Waals surface area contributed by atoms with Gasteiger partial charge < -0.3 is 20.5 Å². The molecule has 7 nitrogen and oxygen atoms in total. The highest BCUT2D eigenvalue weighted by molar-refractivity contribution is 8.06. The quantitative estimate of drug-likeness (QED) is 0.487. The van der Waals surface area contributed by atoms with Gasteiger partial charge in [-0.3, -0.25) is 9.59 Å². The van der Waals surface area contributed by atoms with Crippen molar-refractivity contribution in [1.29, 1.82) is 0 Å². The molecule has 0 spiro atoms. The summed E-state index contributed by atoms with van der Waals surface area (Å²) in [6, 6.07) is 7.42. The zero-order valence-corrected chi connectivity index (χ0v) is 12.7. The number of nitrogens with one attached hydrogen (secondary N) is 2. The van der Waals surface area contributed by atoms with Crippen LogP contribution in [0.2, 0.25) is 0 Å². The lowest BCUT2D eigenvalue weighted by molar-refractivity contribution is -0.294. The van der Waals surface area contributed by atoms with Crippen molar-refractivity contribution in [2.75, 3.05) is 5.75 Å². The zero-order chi connectivity index (χ0) is 16.1. The van der Waals surface area contributed by atoms with Gasteiger partial charge in [-0.2, -0.15) is 0 Å². The molecule has 23 heavy (non-hydrogen) atoms. The van der Waals surface area contributed by atoms with Crippen LogP contribution in [-0.4, -0.2) is 45.9 Å². The van der Waals surface area contributed by atoms with Crippen LogP contribution in [0.3, 0.4) is 0 Å². The Labute approximate surface area is 134 Å². The first kappa shape index (κ1) is 14.3. The van der Waals surface area contributed by atoms with E-state index in [0.717, 1.165) is 0 Å². The number of carbonyl (C=O) groups excluding carboxylic acids is 3. The number of rotatable bonds is 3. The fourth-order valence-corrected chi connectivity index (χ4v) is 5.46. The van der Waals surface area contributed by atoms with Gasteiger partial charge in [-0.05, 0) is 5.56 Å². The molecule has 2 amide bonds. The summed E-state index contributed by atoms with van der Waals surface area (Å²) in [4.78, 5) is 39.9. The third-order valence-corrected chi connectivity index (χ3v) is 6.64. The number of piperazine rings is 1. The Morgan fingerprint density at radius 1 is 1.17 bits per heavy atom. The highest BCUT2D eigenvalue weighted by Crippen LogP contribution is 2.40. The first-order valence-corrected chi connectivity index (χ1v) is 8.71. The highest BCUT2D eigenvalue weighted by atomic mass is 32.2. The van der Waals surface area contributed by atoms with Crippen molar-refractivity contribution in [1.82, 2.24) is 10.6 Å². The van der Waals surface area contributed by atoms with Crippen LogP contribution in [0.1, 0.15) is 11.6 Å². The molecule has 2 N–H and O–H groups in total. The number of hydrogen-bond donors (Lipinski definition) is 2. The Morgan fingerprint density at radius 3 is 2.57 bits per heavy atom. The Kier molecular flexibility index (Phi) is 3.15. The Hall–Kier alpha value is -2.35. The fraction of sp³-hybridized carbons (Fsp3) is 0.333. The van der Waals surface area contributed by atoms with E-state index >= 15 is 0 Å². The van der Waals surface area contributed by atoms with Crippen molar-refractivity contribution >= 4 is 34.4 Å². The summed E-state index contributed by atoms with van der Waals surface area (Å²) in [7, 11) is -0.284. The number of carbonyl (C=O) groups is 3. The van der Waals surface area contributed by atoms with Crippen molar-refractivity contribution in [3.63, 3.8) is 0 Å². The zero-order valence-electron chi connectivity index (χ0n) is 11.9. The molecule has 0 aliphatic carbocycles. The van der Waals surface area contributed by atoms with Gasteiger partial charge in [-0.15, -0.1) is 0 Å². The van der Waals surface area contributed by atoms with E-state index in [2.05, 4.69) is 15.6 Å². The van der Waals surface area contributed by atoms with Crippen LogP contribution in [0.5, 0.6) is 0 Å². The van der Waals surface area contributed by atoms with Gasteiger partial charge >= 0.3 is 0 Å². The van der Waals surface area contributed by atoms with Crippen LogP contribution in [0.15, 0.2) is 35.3 Å². The largest absolute Gasteiger partial charge is 0.543 e. The van der Waals surface area contributed by atoms with E-state index in [9.17, 15) is 19.5 Å². The van der Waals surface area contributed by atoms with Gasteiger partial charge in [0.15, 0.2) is 11.8 Å². The molecule has 118 valence electrons. The first-order valence-electron chi connectivity index (χ1n) is 7.19. The predicted molar refractivity (Wildman–Crippen MR) is 81.5 cm³/mol. The fourth-order valence-electron chi connectivity index (χ4n) is 3.03. The second-order valence-electron chi connectivity index (χ2n) is 5.66. The van der Waals surface area contributed by atoms with Gasteiger partial charge in [0.1, 0.15) is 11.8 Å². The number of amides is 2. The molecule has 0 aromatic heterocycles. The molecular formula is C15H13N3O4S. The maximum Gasteiger partial charge on any atom is 0.250 e. The number of aliphatic imine (C=N–C) groups is 1. The van der Waals surface area contributed by atoms with E-state index in [4.69, 9.17) is 0 Å². The molecule has 2 fully saturated rings. The minimum Gasteiger partial charge on any atom is -0.543 e. The van der Waals surface area contributed by atoms with Gasteiger partial charge in [0.25, 0.3) is 5.91 Å². The van der Waals surface area contributed by atoms with Crippen LogP contribution in [-0.2, 0) is 25.3 Å². The highest BCUT2D eigenvalue weighted by Gasteiger charge is 2.67. The van der Waals surface area contributed by atoms with Crippen molar-refractivity contribution in [2.45, 2.75) is 22.7 Å². The monoisotopic (exact) mass is 331 g/mol. The molecule has 3 aliphatic rings. The SMILES string of the molecule is O=C([O-])C1=N[C@@H]([C@@H]2NC(=O)C(c3ccccc3)NC2=O)[S+]2CC12. The number of carboxylic acid groups (broad SMARTS) is 1. The van der Waals surface area contributed by atoms with Gasteiger partial charge in [0.2, 0.25) is 16.5 Å². The lowest BCUT2D eigenvalue weighted by Crippen LogP contribution is -2.61. The number of carboxylic acids is 1. The summed E-state index contributed by atoms with van der Waals surface area (Å²) < 4.78 is 0. The molecule has 4 rings (SSSR count). The molecule has 3 heterocycles. The van der Waals surface area contributed by atoms with Crippen molar-refractivity contribution in [2.24, 2.45) is 4.99 Å². The average molecular weight is 331 g/mol. The normalized spacial score (nSPS) is 35.0. The molecule has 0 radical (unpaired) electrons. The molecule has 8 heteroatoms. The molecule has 2 saturated heterocycles. The molecule has 5 atom stereocenters. The van der Waals surface area contributed by atoms with Crippen LogP contribution in [0, 0.1) is 0 Å². The number of nitrogens with zero attached hydrogens (tertiary/aromatic N) is 1. The second-order valence-corrected chi connectivity index (χ2v) is 7.98. The topological polar surface area (TPSA) is 111 Å². The minimum atomic E-state index is -1.28. The molecule has 0 bridgehead atoms. The third-order valence-electron chi connectivity index (χ3n) is 4.23. The lowest BCUT2D eigenvalue weighted by atomic mass is 10.0. The standard InChI is InChI=1S/C15H13N3O4S/c19-12-9(7-4-2-1-3-5-7)16-13(20)11(17-12)14-18-10(15(21)22)8-6-23(8)14/h1-5,8-9,11,14H,6H2,(H2-,16,17,19,20,21,22)/t8?,9?,11-,14-,23?/m1/s1. The summed E-state index contributed by atoms with van der Waals surface area (Å²) in [5, 5.41) is 15.8. The number of benzene rings is 1. The minimum absolute atomic E-state index is 0.0329. The van der Waals surface area contributed by atoms with Crippen LogP contribution >= 0.6 is 0 Å². The molecule has 1 aromatic carbocycles. The Morgan fingerprint density at radius 2 is 1.91 bits per heavy atom. The van der Waals surface area contributed by atoms with E-state index in [-0.39, 0.29) is 33.7 Å². The smallest absolute Gasteiger partial charge is 0.250 e. The summed E-state index contributed by atoms with van der Waals surface area (Å²) in [5.41, 5.74) is 0.736. The number of aliphatic carboxylic acids is 1. The maximum atomic E-state index is 12.4. The third kappa shape index (κ3) is 2.29. The molecule has 0 saturated carbocycles. The summed E-state index contributed by atoms with van der Waals surface area (Å²) in [6.07, 6.45) is 0. The summed E-state index contributed by atoms with van der Waals surface area (Å²) in [5.74, 6) is -1.21. The van der Waals surface area contributed by atoms with E-state index in [1.54, 1.807) is 24.3 Å². The molecular weight excluding hydrogens is 318 g/mol. The predicted octanol–water partition coefficient (Wildman–Crippen LogP) is -2.13. The maximum absolute atomic E-state index is 12.4. The summed E-state index contributed by atoms with van der Waals surface area (Å²) in [6.45, 7) is 0. The van der Waals surface area contributed by atoms with E-state index in [0.29, 0.717) is 11.3 Å². The van der Waals surface area contributed by atoms with Crippen LogP contribution < -0.4 is 15.7 Å². The average Bonchev–Trinajstić information content (AvgIpc) is 3.24. The first-order chi connectivity index (χ1) is 11.1. The number of hydrogen-bond acceptors (Lipinski definition) is 5. The van der Waals surface area contributed by atoms with Crippen LogP contribution in [0.25, 0.3) is 0 Å². The van der Waals surface area contributed by atoms with Gasteiger partial charge in [-0.25, -0.2) is 4.99 Å². The molecule has 1 aromatic rings. The van der Waals surface area contributed by atoms with E-state index < -0.39 is 23.4 Å². The Balaban J connectivity index is 1.55. The van der Waals surface area contributed by atoms with E-state index in [1.807, 2.05) is 6.07 Å². The van der Waals surface area contributed by atoms with E-state index in [1.165, 1.54) is 0 Å². The van der Waals surface area contributed by atoms with Crippen molar-refractivity contribution in [3.8, 4) is 0 Å². The van der Waals surface area contributed by atoms with Crippen molar-refractivity contribution < 1.29 is 19.5 Å². The molecule has 3 aliphatic heterocycles. The Bertz CT molecular complexity index is 735.